The summed E-state index contributed by atoms with van der Waals surface area (Å²) in [5.41, 5.74) is 0.904. The van der Waals surface area contributed by atoms with Crippen LogP contribution in [0.2, 0.25) is 5.02 Å². The third kappa shape index (κ3) is 4.85. The molecule has 1 aromatic carbocycles. The third-order valence-corrected chi connectivity index (χ3v) is 3.41. The van der Waals surface area contributed by atoms with Crippen molar-refractivity contribution in [2.75, 3.05) is 13.1 Å². The van der Waals surface area contributed by atoms with Crippen LogP contribution in [0.3, 0.4) is 0 Å². The number of halogens is 1. The van der Waals surface area contributed by atoms with Gasteiger partial charge in [0, 0.05) is 17.5 Å². The van der Waals surface area contributed by atoms with Gasteiger partial charge in [0.15, 0.2) is 0 Å². The monoisotopic (exact) mass is 297 g/mol. The summed E-state index contributed by atoms with van der Waals surface area (Å²) in [6, 6.07) is 7.38. The van der Waals surface area contributed by atoms with E-state index in [4.69, 9.17) is 16.7 Å². The fourth-order valence-electron chi connectivity index (χ4n) is 2.09. The first-order valence-electron chi connectivity index (χ1n) is 6.69. The van der Waals surface area contributed by atoms with E-state index in [1.54, 1.807) is 13.0 Å². The van der Waals surface area contributed by atoms with Gasteiger partial charge >= 0.3 is 5.97 Å². The first-order chi connectivity index (χ1) is 9.45. The number of carbonyl (C=O) groups is 2. The Balaban J connectivity index is 2.73. The highest BCUT2D eigenvalue weighted by atomic mass is 35.5. The van der Waals surface area contributed by atoms with Crippen molar-refractivity contribution in [1.29, 1.82) is 0 Å². The molecule has 5 heteroatoms. The van der Waals surface area contributed by atoms with Crippen molar-refractivity contribution < 1.29 is 14.7 Å². The average Bonchev–Trinajstić information content (AvgIpc) is 2.39. The normalized spacial score (nSPS) is 11.9. The Morgan fingerprint density at radius 2 is 2.00 bits per heavy atom. The van der Waals surface area contributed by atoms with Gasteiger partial charge in [0.2, 0.25) is 5.91 Å². The fourth-order valence-corrected chi connectivity index (χ4v) is 2.31. The van der Waals surface area contributed by atoms with Crippen LogP contribution in [0.4, 0.5) is 0 Å². The van der Waals surface area contributed by atoms with Gasteiger partial charge in [0.25, 0.3) is 0 Å². The molecule has 0 saturated carbocycles. The maximum absolute atomic E-state index is 12.3. The summed E-state index contributed by atoms with van der Waals surface area (Å²) in [6.45, 7) is 3.93. The van der Waals surface area contributed by atoms with E-state index < -0.39 is 5.97 Å². The number of carboxylic acid groups (broad SMARTS) is 1. The molecule has 20 heavy (non-hydrogen) atoms. The molecule has 1 atom stereocenters. The van der Waals surface area contributed by atoms with E-state index in [1.165, 1.54) is 4.90 Å². The lowest BCUT2D eigenvalue weighted by molar-refractivity contribution is -0.146. The first kappa shape index (κ1) is 16.5. The van der Waals surface area contributed by atoms with Crippen molar-refractivity contribution in [3.8, 4) is 0 Å². The first-order valence-corrected chi connectivity index (χ1v) is 7.07. The minimum atomic E-state index is -0.989. The maximum atomic E-state index is 12.3. The van der Waals surface area contributed by atoms with Gasteiger partial charge < -0.3 is 10.0 Å². The summed E-state index contributed by atoms with van der Waals surface area (Å²) < 4.78 is 0. The van der Waals surface area contributed by atoms with Crippen molar-refractivity contribution in [3.05, 3.63) is 34.9 Å². The highest BCUT2D eigenvalue weighted by Crippen LogP contribution is 2.19. The van der Waals surface area contributed by atoms with Crippen molar-refractivity contribution in [2.45, 2.75) is 26.7 Å². The van der Waals surface area contributed by atoms with Crippen LogP contribution in [0.5, 0.6) is 0 Å². The predicted octanol–water partition coefficient (Wildman–Crippen LogP) is 2.84. The zero-order valence-corrected chi connectivity index (χ0v) is 12.6. The van der Waals surface area contributed by atoms with Crippen LogP contribution < -0.4 is 0 Å². The number of carboxylic acids is 1. The van der Waals surface area contributed by atoms with E-state index in [0.717, 1.165) is 12.0 Å². The molecule has 0 radical (unpaired) electrons. The molecule has 0 fully saturated rings. The minimum absolute atomic E-state index is 0.144. The van der Waals surface area contributed by atoms with Crippen LogP contribution in [-0.4, -0.2) is 35.0 Å². The van der Waals surface area contributed by atoms with Crippen molar-refractivity contribution in [3.63, 3.8) is 0 Å². The standard InChI is InChI=1S/C15H20ClNO3/c1-3-8-17(10-14(18)19)15(20)11(2)9-12-6-4-5-7-13(12)16/h4-7,11H,3,8-10H2,1-2H3,(H,18,19). The van der Waals surface area contributed by atoms with Gasteiger partial charge in [-0.2, -0.15) is 0 Å². The molecular formula is C15H20ClNO3. The summed E-state index contributed by atoms with van der Waals surface area (Å²) >= 11 is 6.08. The molecule has 1 N–H and O–H groups in total. The van der Waals surface area contributed by atoms with E-state index in [0.29, 0.717) is 18.0 Å². The molecule has 0 aliphatic rings. The van der Waals surface area contributed by atoms with Crippen molar-refractivity contribution in [1.82, 2.24) is 4.90 Å². The number of rotatable bonds is 7. The number of benzene rings is 1. The summed E-state index contributed by atoms with van der Waals surface area (Å²) in [5.74, 6) is -1.42. The topological polar surface area (TPSA) is 57.6 Å². The molecule has 1 rings (SSSR count). The van der Waals surface area contributed by atoms with Gasteiger partial charge in [0.1, 0.15) is 6.54 Å². The van der Waals surface area contributed by atoms with Gasteiger partial charge in [0.05, 0.1) is 0 Å². The summed E-state index contributed by atoms with van der Waals surface area (Å²) in [4.78, 5) is 24.5. The molecule has 0 aromatic heterocycles. The number of aliphatic carboxylic acids is 1. The number of amides is 1. The van der Waals surface area contributed by atoms with E-state index in [9.17, 15) is 9.59 Å². The third-order valence-electron chi connectivity index (χ3n) is 3.04. The second kappa shape index (κ2) is 7.90. The molecule has 4 nitrogen and oxygen atoms in total. The molecule has 0 heterocycles. The molecule has 1 aromatic rings. The fraction of sp³-hybridized carbons (Fsp3) is 0.467. The number of nitrogens with zero attached hydrogens (tertiary/aromatic N) is 1. The van der Waals surface area contributed by atoms with Crippen molar-refractivity contribution in [2.24, 2.45) is 5.92 Å². The highest BCUT2D eigenvalue weighted by Gasteiger charge is 2.22. The zero-order chi connectivity index (χ0) is 15.1. The van der Waals surface area contributed by atoms with Crippen LogP contribution >= 0.6 is 11.6 Å². The molecule has 1 unspecified atom stereocenters. The van der Waals surface area contributed by atoms with Crippen LogP contribution in [0.1, 0.15) is 25.8 Å². The van der Waals surface area contributed by atoms with Crippen LogP contribution in [0.25, 0.3) is 0 Å². The Labute approximate surface area is 124 Å². The van der Waals surface area contributed by atoms with Gasteiger partial charge in [-0.1, -0.05) is 43.6 Å². The smallest absolute Gasteiger partial charge is 0.323 e. The molecule has 1 amide bonds. The Morgan fingerprint density at radius 3 is 2.55 bits per heavy atom. The average molecular weight is 298 g/mol. The van der Waals surface area contributed by atoms with Gasteiger partial charge in [-0.25, -0.2) is 0 Å². The Bertz CT molecular complexity index is 476. The molecule has 0 bridgehead atoms. The van der Waals surface area contributed by atoms with Crippen molar-refractivity contribution >= 4 is 23.5 Å². The quantitative estimate of drug-likeness (QED) is 0.842. The zero-order valence-electron chi connectivity index (χ0n) is 11.8. The molecule has 0 aliphatic carbocycles. The second-order valence-electron chi connectivity index (χ2n) is 4.85. The number of hydrogen-bond acceptors (Lipinski definition) is 2. The van der Waals surface area contributed by atoms with Crippen LogP contribution in [0.15, 0.2) is 24.3 Å². The summed E-state index contributed by atoms with van der Waals surface area (Å²) in [5, 5.41) is 9.49. The largest absolute Gasteiger partial charge is 0.480 e. The lowest BCUT2D eigenvalue weighted by Gasteiger charge is -2.24. The van der Waals surface area contributed by atoms with E-state index >= 15 is 0 Å². The van der Waals surface area contributed by atoms with Crippen LogP contribution in [-0.2, 0) is 16.0 Å². The Hall–Kier alpha value is -1.55. The maximum Gasteiger partial charge on any atom is 0.323 e. The van der Waals surface area contributed by atoms with Gasteiger partial charge in [-0.05, 0) is 24.5 Å². The van der Waals surface area contributed by atoms with Gasteiger partial charge in [-0.3, -0.25) is 9.59 Å². The highest BCUT2D eigenvalue weighted by molar-refractivity contribution is 6.31. The number of hydrogen-bond donors (Lipinski definition) is 1. The Morgan fingerprint density at radius 1 is 1.35 bits per heavy atom. The predicted molar refractivity (Wildman–Crippen MR) is 78.8 cm³/mol. The van der Waals surface area contributed by atoms with E-state index in [-0.39, 0.29) is 18.4 Å². The molecule has 0 aliphatic heterocycles. The van der Waals surface area contributed by atoms with Gasteiger partial charge in [-0.15, -0.1) is 0 Å². The van der Waals surface area contributed by atoms with Crippen LogP contribution in [0, 0.1) is 5.92 Å². The van der Waals surface area contributed by atoms with E-state index in [1.807, 2.05) is 25.1 Å². The molecule has 0 spiro atoms. The van der Waals surface area contributed by atoms with E-state index in [2.05, 4.69) is 0 Å². The molecular weight excluding hydrogens is 278 g/mol. The second-order valence-corrected chi connectivity index (χ2v) is 5.26. The summed E-state index contributed by atoms with van der Waals surface area (Å²) in [7, 11) is 0. The lowest BCUT2D eigenvalue weighted by atomic mass is 9.99. The Kier molecular flexibility index (Phi) is 6.52. The SMILES string of the molecule is CCCN(CC(=O)O)C(=O)C(C)Cc1ccccc1Cl. The minimum Gasteiger partial charge on any atom is -0.480 e. The molecule has 0 saturated heterocycles. The lowest BCUT2D eigenvalue weighted by Crippen LogP contribution is -2.40. The molecule has 110 valence electrons. The number of carbonyl (C=O) groups excluding carboxylic acids is 1. The summed E-state index contributed by atoms with van der Waals surface area (Å²) in [6.07, 6.45) is 1.25.